The zero-order valence-electron chi connectivity index (χ0n) is 11.1. The molecule has 1 heterocycles. The van der Waals surface area contributed by atoms with Crippen molar-refractivity contribution < 1.29 is 9.90 Å². The Hall–Kier alpha value is -1.69. The molecule has 0 aliphatic rings. The van der Waals surface area contributed by atoms with Crippen molar-refractivity contribution in [2.45, 2.75) is 33.3 Å². The van der Waals surface area contributed by atoms with Gasteiger partial charge in [0.05, 0.1) is 11.8 Å². The summed E-state index contributed by atoms with van der Waals surface area (Å²) in [5, 5.41) is 15.9. The molecular formula is C12H19N3O3. The predicted octanol–water partition coefficient (Wildman–Crippen LogP) is -0.102. The minimum Gasteiger partial charge on any atom is -0.391 e. The number of aliphatic hydroxyl groups is 1. The fourth-order valence-corrected chi connectivity index (χ4v) is 1.56. The first-order valence-corrected chi connectivity index (χ1v) is 5.89. The van der Waals surface area contributed by atoms with Crippen LogP contribution in [0.4, 0.5) is 0 Å². The van der Waals surface area contributed by atoms with E-state index in [1.807, 2.05) is 6.92 Å². The van der Waals surface area contributed by atoms with E-state index in [0.717, 1.165) is 4.68 Å². The van der Waals surface area contributed by atoms with E-state index in [-0.39, 0.29) is 12.1 Å². The third-order valence-corrected chi connectivity index (χ3v) is 2.92. The highest BCUT2D eigenvalue weighted by atomic mass is 16.3. The standard InChI is InChI=1S/C12H19N3O3/c1-5-9(16)6-13-11(17)10-7(2)8(3)14-15(4)12(10)18/h9,16H,5-6H2,1-4H3,(H,13,17). The van der Waals surface area contributed by atoms with E-state index in [1.165, 1.54) is 7.05 Å². The number of nitrogens with one attached hydrogen (secondary N) is 1. The van der Waals surface area contributed by atoms with Gasteiger partial charge in [0, 0.05) is 13.6 Å². The van der Waals surface area contributed by atoms with Crippen molar-refractivity contribution in [1.82, 2.24) is 15.1 Å². The lowest BCUT2D eigenvalue weighted by molar-refractivity contribution is 0.0910. The summed E-state index contributed by atoms with van der Waals surface area (Å²) in [7, 11) is 1.51. The number of carbonyl (C=O) groups is 1. The highest BCUT2D eigenvalue weighted by Gasteiger charge is 2.18. The summed E-state index contributed by atoms with van der Waals surface area (Å²) in [6.45, 7) is 5.39. The van der Waals surface area contributed by atoms with Gasteiger partial charge < -0.3 is 10.4 Å². The highest BCUT2D eigenvalue weighted by molar-refractivity contribution is 5.95. The number of rotatable bonds is 4. The smallest absolute Gasteiger partial charge is 0.279 e. The molecule has 0 saturated carbocycles. The maximum atomic E-state index is 11.9. The van der Waals surface area contributed by atoms with Crippen LogP contribution in [0.15, 0.2) is 4.79 Å². The van der Waals surface area contributed by atoms with Crippen molar-refractivity contribution in [3.8, 4) is 0 Å². The van der Waals surface area contributed by atoms with Crippen LogP contribution in [-0.2, 0) is 7.05 Å². The predicted molar refractivity (Wildman–Crippen MR) is 67.6 cm³/mol. The van der Waals surface area contributed by atoms with Crippen LogP contribution in [0.1, 0.15) is 35.0 Å². The van der Waals surface area contributed by atoms with E-state index in [1.54, 1.807) is 13.8 Å². The van der Waals surface area contributed by atoms with Gasteiger partial charge in [0.15, 0.2) is 0 Å². The summed E-state index contributed by atoms with van der Waals surface area (Å²) < 4.78 is 1.15. The lowest BCUT2D eigenvalue weighted by atomic mass is 10.1. The van der Waals surface area contributed by atoms with Gasteiger partial charge in [-0.1, -0.05) is 6.92 Å². The molecule has 0 radical (unpaired) electrons. The molecule has 0 fully saturated rings. The Labute approximate surface area is 106 Å². The Kier molecular flexibility index (Phi) is 4.61. The summed E-state index contributed by atoms with van der Waals surface area (Å²) in [6.07, 6.45) is -0.0480. The van der Waals surface area contributed by atoms with E-state index in [0.29, 0.717) is 17.7 Å². The third-order valence-electron chi connectivity index (χ3n) is 2.92. The molecule has 0 aromatic carbocycles. The average molecular weight is 253 g/mol. The number of aryl methyl sites for hydroxylation is 2. The number of aliphatic hydroxyl groups excluding tert-OH is 1. The van der Waals surface area contributed by atoms with E-state index >= 15 is 0 Å². The Morgan fingerprint density at radius 2 is 2.11 bits per heavy atom. The Morgan fingerprint density at radius 3 is 2.67 bits per heavy atom. The quantitative estimate of drug-likeness (QED) is 0.784. The number of amides is 1. The molecule has 1 atom stereocenters. The molecule has 0 aliphatic heterocycles. The van der Waals surface area contributed by atoms with Crippen molar-refractivity contribution >= 4 is 5.91 Å². The Balaban J connectivity index is 3.03. The second-order valence-corrected chi connectivity index (χ2v) is 4.29. The van der Waals surface area contributed by atoms with Crippen LogP contribution >= 0.6 is 0 Å². The van der Waals surface area contributed by atoms with Crippen LogP contribution < -0.4 is 10.9 Å². The van der Waals surface area contributed by atoms with Gasteiger partial charge >= 0.3 is 0 Å². The van der Waals surface area contributed by atoms with E-state index in [2.05, 4.69) is 10.4 Å². The second-order valence-electron chi connectivity index (χ2n) is 4.29. The number of hydrogen-bond acceptors (Lipinski definition) is 4. The summed E-state index contributed by atoms with van der Waals surface area (Å²) >= 11 is 0. The SMILES string of the molecule is CCC(O)CNC(=O)c1c(C)c(C)nn(C)c1=O. The van der Waals surface area contributed by atoms with Gasteiger partial charge in [-0.2, -0.15) is 5.10 Å². The molecule has 6 nitrogen and oxygen atoms in total. The molecule has 1 aromatic rings. The zero-order valence-corrected chi connectivity index (χ0v) is 11.1. The minimum absolute atomic E-state index is 0.0910. The average Bonchev–Trinajstić information content (AvgIpc) is 2.33. The molecule has 0 spiro atoms. The topological polar surface area (TPSA) is 84.2 Å². The number of hydrogen-bond donors (Lipinski definition) is 2. The monoisotopic (exact) mass is 253 g/mol. The normalized spacial score (nSPS) is 12.3. The second kappa shape index (κ2) is 5.77. The molecule has 18 heavy (non-hydrogen) atoms. The van der Waals surface area contributed by atoms with Crippen molar-refractivity contribution in [3.63, 3.8) is 0 Å². The van der Waals surface area contributed by atoms with E-state index in [4.69, 9.17) is 0 Å². The van der Waals surface area contributed by atoms with Crippen molar-refractivity contribution in [2.75, 3.05) is 6.54 Å². The van der Waals surface area contributed by atoms with Gasteiger partial charge in [-0.3, -0.25) is 9.59 Å². The van der Waals surface area contributed by atoms with Crippen LogP contribution in [0.2, 0.25) is 0 Å². The van der Waals surface area contributed by atoms with Gasteiger partial charge in [0.2, 0.25) is 0 Å². The number of aromatic nitrogens is 2. The lowest BCUT2D eigenvalue weighted by Gasteiger charge is -2.12. The lowest BCUT2D eigenvalue weighted by Crippen LogP contribution is -2.38. The highest BCUT2D eigenvalue weighted by Crippen LogP contribution is 2.05. The van der Waals surface area contributed by atoms with Crippen LogP contribution in [-0.4, -0.2) is 33.4 Å². The molecule has 1 rings (SSSR count). The molecule has 6 heteroatoms. The molecular weight excluding hydrogens is 234 g/mol. The number of carbonyl (C=O) groups excluding carboxylic acids is 1. The first kappa shape index (κ1) is 14.4. The van der Waals surface area contributed by atoms with Gasteiger partial charge in [0.25, 0.3) is 11.5 Å². The first-order valence-electron chi connectivity index (χ1n) is 5.89. The van der Waals surface area contributed by atoms with E-state index < -0.39 is 17.6 Å². The molecule has 0 bridgehead atoms. The molecule has 0 aliphatic carbocycles. The molecule has 1 aromatic heterocycles. The van der Waals surface area contributed by atoms with Crippen LogP contribution in [0, 0.1) is 13.8 Å². The molecule has 1 amide bonds. The first-order chi connectivity index (χ1) is 8.38. The van der Waals surface area contributed by atoms with Gasteiger partial charge in [-0.05, 0) is 25.8 Å². The van der Waals surface area contributed by atoms with Crippen LogP contribution in [0.5, 0.6) is 0 Å². The Morgan fingerprint density at radius 1 is 1.50 bits per heavy atom. The maximum absolute atomic E-state index is 11.9. The van der Waals surface area contributed by atoms with Crippen LogP contribution in [0.25, 0.3) is 0 Å². The summed E-state index contributed by atoms with van der Waals surface area (Å²) in [5.41, 5.74) is 0.870. The molecule has 2 N–H and O–H groups in total. The maximum Gasteiger partial charge on any atom is 0.279 e. The van der Waals surface area contributed by atoms with Gasteiger partial charge in [-0.15, -0.1) is 0 Å². The fourth-order valence-electron chi connectivity index (χ4n) is 1.56. The van der Waals surface area contributed by atoms with Crippen molar-refractivity contribution in [2.24, 2.45) is 7.05 Å². The van der Waals surface area contributed by atoms with E-state index in [9.17, 15) is 14.7 Å². The summed E-state index contributed by atoms with van der Waals surface area (Å²) in [5.74, 6) is -0.467. The number of nitrogens with zero attached hydrogens (tertiary/aromatic N) is 2. The molecule has 0 saturated heterocycles. The minimum atomic E-state index is -0.596. The van der Waals surface area contributed by atoms with Gasteiger partial charge in [0.1, 0.15) is 5.56 Å². The molecule has 100 valence electrons. The van der Waals surface area contributed by atoms with Gasteiger partial charge in [-0.25, -0.2) is 4.68 Å². The summed E-state index contributed by atoms with van der Waals surface area (Å²) in [4.78, 5) is 23.8. The molecule has 1 unspecified atom stereocenters. The Bertz CT molecular complexity index is 508. The summed E-state index contributed by atoms with van der Waals surface area (Å²) in [6, 6.07) is 0. The largest absolute Gasteiger partial charge is 0.391 e. The fraction of sp³-hybridized carbons (Fsp3) is 0.583. The van der Waals surface area contributed by atoms with Crippen LogP contribution in [0.3, 0.4) is 0 Å². The van der Waals surface area contributed by atoms with Crippen molar-refractivity contribution in [3.05, 3.63) is 27.2 Å². The van der Waals surface area contributed by atoms with Crippen molar-refractivity contribution in [1.29, 1.82) is 0 Å². The third kappa shape index (κ3) is 2.95. The zero-order chi connectivity index (χ0) is 13.9.